The van der Waals surface area contributed by atoms with Crippen LogP contribution in [0, 0.1) is 17.3 Å². The van der Waals surface area contributed by atoms with E-state index in [0.29, 0.717) is 37.9 Å². The van der Waals surface area contributed by atoms with E-state index in [1.165, 1.54) is 35.1 Å². The molecule has 7 rings (SSSR count). The number of aliphatic hydroxyl groups is 3. The number of fused-ring (bicyclic) bond motifs is 4. The van der Waals surface area contributed by atoms with E-state index in [2.05, 4.69) is 31.2 Å². The standard InChI is InChI=1S/C30H40O5/c1-27-16-23(21-6-4-20(5-7-21)19-2-3-19)26-22(24(27)9-12-29(27,33)18-31)8-11-28(32)17-30(13-10-25(26)28)34-14-15-35-30/h4-7,19,22-24,31-33H,2-3,8-18H2,1H3/t22-,23+,24-,27-,28+,29+/m0/s1. The number of hydrogen-bond acceptors (Lipinski definition) is 5. The second-order valence-electron chi connectivity index (χ2n) is 12.8. The summed E-state index contributed by atoms with van der Waals surface area (Å²) >= 11 is 0. The lowest BCUT2D eigenvalue weighted by atomic mass is 9.49. The Morgan fingerprint density at radius 3 is 2.31 bits per heavy atom. The molecule has 5 aliphatic carbocycles. The van der Waals surface area contributed by atoms with Crippen molar-refractivity contribution < 1.29 is 24.8 Å². The van der Waals surface area contributed by atoms with Crippen LogP contribution in [-0.4, -0.2) is 52.1 Å². The van der Waals surface area contributed by atoms with Gasteiger partial charge in [-0.1, -0.05) is 36.8 Å². The Morgan fingerprint density at radius 1 is 0.914 bits per heavy atom. The van der Waals surface area contributed by atoms with Gasteiger partial charge in [0.2, 0.25) is 0 Å². The third kappa shape index (κ3) is 3.24. The summed E-state index contributed by atoms with van der Waals surface area (Å²) in [6.07, 6.45) is 8.80. The molecule has 0 amide bonds. The average molecular weight is 481 g/mol. The molecule has 6 aliphatic rings. The van der Waals surface area contributed by atoms with Crippen molar-refractivity contribution in [2.45, 2.75) is 100.0 Å². The van der Waals surface area contributed by atoms with Crippen LogP contribution in [0.4, 0.5) is 0 Å². The molecule has 5 fully saturated rings. The van der Waals surface area contributed by atoms with Crippen LogP contribution >= 0.6 is 0 Å². The Hall–Kier alpha value is -1.24. The van der Waals surface area contributed by atoms with Crippen LogP contribution in [0.2, 0.25) is 0 Å². The van der Waals surface area contributed by atoms with Gasteiger partial charge in [-0.25, -0.2) is 0 Å². The first-order valence-corrected chi connectivity index (χ1v) is 14.0. The number of rotatable bonds is 3. The molecule has 5 heteroatoms. The van der Waals surface area contributed by atoms with Crippen molar-refractivity contribution in [1.29, 1.82) is 0 Å². The minimum atomic E-state index is -1.03. The summed E-state index contributed by atoms with van der Waals surface area (Å²) in [6, 6.07) is 9.22. The summed E-state index contributed by atoms with van der Waals surface area (Å²) < 4.78 is 12.1. The summed E-state index contributed by atoms with van der Waals surface area (Å²) in [4.78, 5) is 0. The molecular weight excluding hydrogens is 440 g/mol. The topological polar surface area (TPSA) is 79.2 Å². The van der Waals surface area contributed by atoms with Gasteiger partial charge in [0.05, 0.1) is 31.0 Å². The van der Waals surface area contributed by atoms with Gasteiger partial charge >= 0.3 is 0 Å². The quantitative estimate of drug-likeness (QED) is 0.553. The van der Waals surface area contributed by atoms with E-state index in [4.69, 9.17) is 9.47 Å². The molecular formula is C30H40O5. The Kier molecular flexibility index (Phi) is 5.00. The maximum Gasteiger partial charge on any atom is 0.171 e. The minimum absolute atomic E-state index is 0.159. The smallest absolute Gasteiger partial charge is 0.171 e. The predicted molar refractivity (Wildman–Crippen MR) is 132 cm³/mol. The zero-order valence-electron chi connectivity index (χ0n) is 21.0. The molecule has 1 aromatic rings. The van der Waals surface area contributed by atoms with Crippen molar-refractivity contribution in [1.82, 2.24) is 0 Å². The van der Waals surface area contributed by atoms with Crippen molar-refractivity contribution in [2.75, 3.05) is 19.8 Å². The highest BCUT2D eigenvalue weighted by atomic mass is 16.7. The Morgan fingerprint density at radius 2 is 1.63 bits per heavy atom. The molecule has 0 bridgehead atoms. The molecule has 1 saturated heterocycles. The molecule has 5 nitrogen and oxygen atoms in total. The fourth-order valence-corrected chi connectivity index (χ4v) is 9.08. The van der Waals surface area contributed by atoms with Crippen molar-refractivity contribution in [2.24, 2.45) is 17.3 Å². The largest absolute Gasteiger partial charge is 0.393 e. The molecule has 35 heavy (non-hydrogen) atoms. The molecule has 0 aromatic heterocycles. The second-order valence-corrected chi connectivity index (χ2v) is 12.8. The molecule has 1 aliphatic heterocycles. The van der Waals surface area contributed by atoms with E-state index in [1.807, 2.05) is 0 Å². The van der Waals surface area contributed by atoms with E-state index < -0.39 is 17.0 Å². The van der Waals surface area contributed by atoms with Gasteiger partial charge in [-0.2, -0.15) is 0 Å². The lowest BCUT2D eigenvalue weighted by Crippen LogP contribution is -2.56. The van der Waals surface area contributed by atoms with Crippen LogP contribution in [-0.2, 0) is 9.47 Å². The van der Waals surface area contributed by atoms with Crippen molar-refractivity contribution in [3.05, 3.63) is 46.5 Å². The van der Waals surface area contributed by atoms with E-state index in [9.17, 15) is 15.3 Å². The van der Waals surface area contributed by atoms with Crippen molar-refractivity contribution in [3.8, 4) is 0 Å². The van der Waals surface area contributed by atoms with Crippen LogP contribution < -0.4 is 0 Å². The lowest BCUT2D eigenvalue weighted by molar-refractivity contribution is -0.208. The predicted octanol–water partition coefficient (Wildman–Crippen LogP) is 4.56. The Bertz CT molecular complexity index is 1040. The molecule has 3 N–H and O–H groups in total. The monoisotopic (exact) mass is 480 g/mol. The summed E-state index contributed by atoms with van der Waals surface area (Å²) in [5.74, 6) is 0.940. The Balaban J connectivity index is 1.34. The van der Waals surface area contributed by atoms with Gasteiger partial charge < -0.3 is 24.8 Å². The van der Waals surface area contributed by atoms with Crippen LogP contribution in [0.3, 0.4) is 0 Å². The second kappa shape index (κ2) is 7.64. The van der Waals surface area contributed by atoms with Gasteiger partial charge in [0.25, 0.3) is 0 Å². The number of hydrogen-bond donors (Lipinski definition) is 3. The van der Waals surface area contributed by atoms with Crippen molar-refractivity contribution in [3.63, 3.8) is 0 Å². The summed E-state index contributed by atoms with van der Waals surface area (Å²) in [6.45, 7) is 3.28. The molecule has 1 heterocycles. The molecule has 0 unspecified atom stereocenters. The third-order valence-corrected chi connectivity index (χ3v) is 11.2. The molecule has 6 atom stereocenters. The van der Waals surface area contributed by atoms with E-state index >= 15 is 0 Å². The molecule has 4 saturated carbocycles. The number of aliphatic hydroxyl groups excluding tert-OH is 1. The first-order chi connectivity index (χ1) is 16.8. The highest BCUT2D eigenvalue weighted by Crippen LogP contribution is 2.67. The van der Waals surface area contributed by atoms with Crippen LogP contribution in [0.15, 0.2) is 35.4 Å². The fourth-order valence-electron chi connectivity index (χ4n) is 9.08. The van der Waals surface area contributed by atoms with Crippen LogP contribution in [0.25, 0.3) is 0 Å². The first kappa shape index (κ1) is 22.9. The average Bonchev–Trinajstić information content (AvgIpc) is 3.56. The van der Waals surface area contributed by atoms with Crippen LogP contribution in [0.1, 0.15) is 94.1 Å². The highest BCUT2D eigenvalue weighted by molar-refractivity contribution is 5.44. The number of ether oxygens (including phenoxy) is 2. The fraction of sp³-hybridized carbons (Fsp3) is 0.733. The first-order valence-electron chi connectivity index (χ1n) is 14.0. The summed E-state index contributed by atoms with van der Waals surface area (Å²) in [5.41, 5.74) is 3.17. The van der Waals surface area contributed by atoms with Gasteiger partial charge in [-0.3, -0.25) is 0 Å². The van der Waals surface area contributed by atoms with Crippen LogP contribution in [0.5, 0.6) is 0 Å². The molecule has 190 valence electrons. The normalized spacial score (nSPS) is 44.3. The maximum atomic E-state index is 12.1. The summed E-state index contributed by atoms with van der Waals surface area (Å²) in [5, 5.41) is 34.0. The number of allylic oxidation sites excluding steroid dienone is 1. The van der Waals surface area contributed by atoms with Gasteiger partial charge in [-0.05, 0) is 85.8 Å². The van der Waals surface area contributed by atoms with E-state index in [0.717, 1.165) is 44.4 Å². The minimum Gasteiger partial charge on any atom is -0.393 e. The molecule has 1 spiro atoms. The van der Waals surface area contributed by atoms with E-state index in [1.54, 1.807) is 0 Å². The molecule has 1 aromatic carbocycles. The number of benzene rings is 1. The zero-order chi connectivity index (χ0) is 24.1. The third-order valence-electron chi connectivity index (χ3n) is 11.2. The highest BCUT2D eigenvalue weighted by Gasteiger charge is 2.64. The van der Waals surface area contributed by atoms with Gasteiger partial charge in [-0.15, -0.1) is 0 Å². The summed E-state index contributed by atoms with van der Waals surface area (Å²) in [7, 11) is 0. The van der Waals surface area contributed by atoms with E-state index in [-0.39, 0.29) is 17.9 Å². The zero-order valence-corrected chi connectivity index (χ0v) is 21.0. The van der Waals surface area contributed by atoms with Gasteiger partial charge in [0.15, 0.2) is 5.79 Å². The SMILES string of the molecule is C[C@]12C[C@H](c3ccc(C4CC4)cc3)C3=C4CCC5(C[C@]4(O)CC[C@H]3[C@@H]1CC[C@@]2(O)CO)OCCO5. The van der Waals surface area contributed by atoms with Gasteiger partial charge in [0, 0.05) is 24.2 Å². The lowest BCUT2D eigenvalue weighted by Gasteiger charge is -2.57. The van der Waals surface area contributed by atoms with Crippen molar-refractivity contribution >= 4 is 0 Å². The van der Waals surface area contributed by atoms with Gasteiger partial charge in [0.1, 0.15) is 0 Å². The Labute approximate surface area is 208 Å². The maximum absolute atomic E-state index is 12.1. The molecule has 0 radical (unpaired) electrons.